The fourth-order valence-corrected chi connectivity index (χ4v) is 2.28. The zero-order chi connectivity index (χ0) is 14.5. The molecule has 0 bridgehead atoms. The Balaban J connectivity index is 2.02. The minimum atomic E-state index is -1.29. The van der Waals surface area contributed by atoms with Crippen molar-refractivity contribution in [1.29, 1.82) is 0 Å². The van der Waals surface area contributed by atoms with Gasteiger partial charge in [0.2, 0.25) is 0 Å². The third kappa shape index (κ3) is 3.35. The van der Waals surface area contributed by atoms with Gasteiger partial charge in [-0.2, -0.15) is 0 Å². The van der Waals surface area contributed by atoms with Gasteiger partial charge in [0.05, 0.1) is 13.2 Å². The van der Waals surface area contributed by atoms with Crippen molar-refractivity contribution in [2.45, 2.75) is 37.3 Å². The second-order valence-electron chi connectivity index (χ2n) is 4.70. The molecule has 1 aromatic rings. The Morgan fingerprint density at radius 2 is 1.85 bits per heavy atom. The molecular formula is C14H20O6. The summed E-state index contributed by atoms with van der Waals surface area (Å²) in [5.74, 6) is 0. The standard InChI is InChI=1S/C14H20O6/c1-18-13-11(16)12(10(7-15)20-14(13)17)19-8-9-5-3-2-4-6-9/h2-6,10-17H,7-8H2,1H3/t10-,11+,12+,13-,14+/m1/s1. The Bertz CT molecular complexity index is 398. The summed E-state index contributed by atoms with van der Waals surface area (Å²) in [7, 11) is 1.37. The summed E-state index contributed by atoms with van der Waals surface area (Å²) in [6.07, 6.45) is -4.84. The van der Waals surface area contributed by atoms with E-state index in [2.05, 4.69) is 0 Å². The molecule has 0 radical (unpaired) electrons. The minimum Gasteiger partial charge on any atom is -0.394 e. The van der Waals surface area contributed by atoms with Gasteiger partial charge < -0.3 is 29.5 Å². The molecular weight excluding hydrogens is 264 g/mol. The van der Waals surface area contributed by atoms with Crippen LogP contribution in [0.1, 0.15) is 5.56 Å². The van der Waals surface area contributed by atoms with Gasteiger partial charge in [-0.3, -0.25) is 0 Å². The average molecular weight is 284 g/mol. The van der Waals surface area contributed by atoms with E-state index in [4.69, 9.17) is 14.2 Å². The first-order chi connectivity index (χ1) is 9.67. The molecule has 0 spiro atoms. The molecule has 6 nitrogen and oxygen atoms in total. The molecule has 0 aromatic heterocycles. The van der Waals surface area contributed by atoms with E-state index < -0.39 is 30.7 Å². The van der Waals surface area contributed by atoms with Crippen LogP contribution in [0.3, 0.4) is 0 Å². The lowest BCUT2D eigenvalue weighted by Crippen LogP contribution is -2.59. The monoisotopic (exact) mass is 284 g/mol. The van der Waals surface area contributed by atoms with Crippen LogP contribution in [-0.4, -0.2) is 59.7 Å². The Labute approximate surface area is 117 Å². The number of rotatable bonds is 5. The third-order valence-electron chi connectivity index (χ3n) is 3.37. The van der Waals surface area contributed by atoms with E-state index >= 15 is 0 Å². The maximum atomic E-state index is 10.2. The highest BCUT2D eigenvalue weighted by Gasteiger charge is 2.45. The van der Waals surface area contributed by atoms with Crippen molar-refractivity contribution in [2.24, 2.45) is 0 Å². The predicted molar refractivity (Wildman–Crippen MR) is 69.8 cm³/mol. The van der Waals surface area contributed by atoms with E-state index in [1.807, 2.05) is 30.3 Å². The zero-order valence-corrected chi connectivity index (χ0v) is 11.3. The molecule has 1 heterocycles. The minimum absolute atomic E-state index is 0.273. The maximum absolute atomic E-state index is 10.2. The van der Waals surface area contributed by atoms with Crippen molar-refractivity contribution in [3.05, 3.63) is 35.9 Å². The van der Waals surface area contributed by atoms with Crippen LogP contribution in [0.15, 0.2) is 30.3 Å². The number of hydrogen-bond acceptors (Lipinski definition) is 6. The quantitative estimate of drug-likeness (QED) is 0.685. The lowest BCUT2D eigenvalue weighted by atomic mass is 9.99. The fourth-order valence-electron chi connectivity index (χ4n) is 2.28. The molecule has 1 aromatic carbocycles. The molecule has 3 N–H and O–H groups in total. The topological polar surface area (TPSA) is 88.4 Å². The van der Waals surface area contributed by atoms with Crippen LogP contribution in [0.2, 0.25) is 0 Å². The maximum Gasteiger partial charge on any atom is 0.184 e. The summed E-state index contributed by atoms with van der Waals surface area (Å²) in [5, 5.41) is 29.1. The summed E-state index contributed by atoms with van der Waals surface area (Å²) in [5.41, 5.74) is 0.941. The van der Waals surface area contributed by atoms with E-state index in [1.165, 1.54) is 7.11 Å². The average Bonchev–Trinajstić information content (AvgIpc) is 2.47. The Morgan fingerprint density at radius 1 is 1.15 bits per heavy atom. The van der Waals surface area contributed by atoms with Gasteiger partial charge in [0.15, 0.2) is 6.29 Å². The van der Waals surface area contributed by atoms with Crippen LogP contribution in [0.5, 0.6) is 0 Å². The Kier molecular flexibility index (Phi) is 5.47. The van der Waals surface area contributed by atoms with Crippen molar-refractivity contribution in [3.8, 4) is 0 Å². The van der Waals surface area contributed by atoms with Crippen molar-refractivity contribution < 1.29 is 29.5 Å². The molecule has 6 heteroatoms. The van der Waals surface area contributed by atoms with Crippen molar-refractivity contribution in [1.82, 2.24) is 0 Å². The SMILES string of the molecule is CO[C@@H]1[C@@H](O)[C@@H](OCc2ccccc2)[C@@H](CO)O[C@@H]1O. The number of aliphatic hydroxyl groups excluding tert-OH is 3. The lowest BCUT2D eigenvalue weighted by molar-refractivity contribution is -0.300. The molecule has 1 aliphatic rings. The van der Waals surface area contributed by atoms with Gasteiger partial charge >= 0.3 is 0 Å². The first-order valence-electron chi connectivity index (χ1n) is 6.48. The van der Waals surface area contributed by atoms with Gasteiger partial charge in [-0.1, -0.05) is 30.3 Å². The van der Waals surface area contributed by atoms with Gasteiger partial charge in [-0.25, -0.2) is 0 Å². The van der Waals surface area contributed by atoms with Crippen LogP contribution in [0, 0.1) is 0 Å². The molecule has 0 amide bonds. The smallest absolute Gasteiger partial charge is 0.184 e. The van der Waals surface area contributed by atoms with Crippen LogP contribution >= 0.6 is 0 Å². The number of benzene rings is 1. The highest BCUT2D eigenvalue weighted by molar-refractivity contribution is 5.13. The summed E-state index contributed by atoms with van der Waals surface area (Å²) in [6.45, 7) is -0.0844. The molecule has 2 rings (SSSR count). The van der Waals surface area contributed by atoms with Gasteiger partial charge in [-0.15, -0.1) is 0 Å². The lowest BCUT2D eigenvalue weighted by Gasteiger charge is -2.41. The van der Waals surface area contributed by atoms with Gasteiger partial charge in [0, 0.05) is 7.11 Å². The normalized spacial score (nSPS) is 34.1. The first kappa shape index (κ1) is 15.4. The molecule has 1 fully saturated rings. The van der Waals surface area contributed by atoms with E-state index in [0.717, 1.165) is 5.56 Å². The van der Waals surface area contributed by atoms with E-state index in [-0.39, 0.29) is 13.2 Å². The molecule has 20 heavy (non-hydrogen) atoms. The van der Waals surface area contributed by atoms with Gasteiger partial charge in [0.25, 0.3) is 0 Å². The number of methoxy groups -OCH3 is 1. The summed E-state index contributed by atoms with van der Waals surface area (Å²) >= 11 is 0. The first-order valence-corrected chi connectivity index (χ1v) is 6.48. The predicted octanol–water partition coefficient (Wildman–Crippen LogP) is -0.343. The number of hydrogen-bond donors (Lipinski definition) is 3. The van der Waals surface area contributed by atoms with Crippen LogP contribution in [0.4, 0.5) is 0 Å². The van der Waals surface area contributed by atoms with Gasteiger partial charge in [-0.05, 0) is 5.56 Å². The number of ether oxygens (including phenoxy) is 3. The molecule has 0 saturated carbocycles. The Morgan fingerprint density at radius 3 is 2.45 bits per heavy atom. The molecule has 112 valence electrons. The highest BCUT2D eigenvalue weighted by Crippen LogP contribution is 2.24. The third-order valence-corrected chi connectivity index (χ3v) is 3.37. The molecule has 1 aliphatic heterocycles. The van der Waals surface area contributed by atoms with Crippen LogP contribution < -0.4 is 0 Å². The van der Waals surface area contributed by atoms with Crippen LogP contribution in [-0.2, 0) is 20.8 Å². The Hall–Kier alpha value is -1.02. The summed E-state index contributed by atoms with van der Waals surface area (Å²) < 4.78 is 15.8. The van der Waals surface area contributed by atoms with Gasteiger partial charge in [0.1, 0.15) is 24.4 Å². The van der Waals surface area contributed by atoms with Crippen molar-refractivity contribution >= 4 is 0 Å². The van der Waals surface area contributed by atoms with E-state index in [9.17, 15) is 15.3 Å². The summed E-state index contributed by atoms with van der Waals surface area (Å²) in [6, 6.07) is 9.46. The second-order valence-corrected chi connectivity index (χ2v) is 4.70. The largest absolute Gasteiger partial charge is 0.394 e. The zero-order valence-electron chi connectivity index (χ0n) is 11.3. The fraction of sp³-hybridized carbons (Fsp3) is 0.571. The molecule has 1 saturated heterocycles. The second kappa shape index (κ2) is 7.12. The highest BCUT2D eigenvalue weighted by atomic mass is 16.7. The number of aliphatic hydroxyl groups is 3. The molecule has 5 atom stereocenters. The van der Waals surface area contributed by atoms with Crippen LogP contribution in [0.25, 0.3) is 0 Å². The van der Waals surface area contributed by atoms with Crippen molar-refractivity contribution in [3.63, 3.8) is 0 Å². The molecule has 0 aliphatic carbocycles. The summed E-state index contributed by atoms with van der Waals surface area (Å²) in [4.78, 5) is 0. The van der Waals surface area contributed by atoms with E-state index in [1.54, 1.807) is 0 Å². The van der Waals surface area contributed by atoms with Crippen molar-refractivity contribution in [2.75, 3.05) is 13.7 Å². The molecule has 0 unspecified atom stereocenters. The van der Waals surface area contributed by atoms with E-state index in [0.29, 0.717) is 0 Å².